The largest absolute Gasteiger partial charge is 0.478 e. The Kier molecular flexibility index (Phi) is 6.26. The minimum Gasteiger partial charge on any atom is -0.478 e. The molecule has 0 N–H and O–H groups in total. The van der Waals surface area contributed by atoms with Gasteiger partial charge in [-0.2, -0.15) is 0 Å². The Morgan fingerprint density at radius 1 is 1.12 bits per heavy atom. The van der Waals surface area contributed by atoms with Crippen LogP contribution in [-0.2, 0) is 0 Å². The molecule has 0 unspecified atom stereocenters. The fourth-order valence-electron chi connectivity index (χ4n) is 2.89. The summed E-state index contributed by atoms with van der Waals surface area (Å²) in [7, 11) is 0. The fraction of sp³-hybridized carbons (Fsp3) is 0.471. The zero-order valence-electron chi connectivity index (χ0n) is 13.4. The Labute approximate surface area is 155 Å². The molecule has 128 valence electrons. The SMILES string of the molecule is Clc1cnc(N2CCC(CCCOc3ccc(Br)cn3)CC2)nc1. The molecule has 0 spiro atoms. The first-order valence-corrected chi connectivity index (χ1v) is 9.34. The standard InChI is InChI=1S/C17H20BrClN4O/c18-14-3-4-16(20-10-14)24-9-1-2-13-5-7-23(8-6-13)17-21-11-15(19)12-22-17/h3-4,10-13H,1-2,5-9H2. The first-order valence-electron chi connectivity index (χ1n) is 8.17. The van der Waals surface area contributed by atoms with Crippen molar-refractivity contribution in [1.29, 1.82) is 0 Å². The fourth-order valence-corrected chi connectivity index (χ4v) is 3.22. The zero-order valence-corrected chi connectivity index (χ0v) is 15.7. The summed E-state index contributed by atoms with van der Waals surface area (Å²) in [6.45, 7) is 2.72. The smallest absolute Gasteiger partial charge is 0.225 e. The van der Waals surface area contributed by atoms with Gasteiger partial charge in [0.25, 0.3) is 0 Å². The first-order chi connectivity index (χ1) is 11.7. The van der Waals surface area contributed by atoms with Gasteiger partial charge in [-0.3, -0.25) is 0 Å². The van der Waals surface area contributed by atoms with Gasteiger partial charge in [-0.15, -0.1) is 0 Å². The van der Waals surface area contributed by atoms with Gasteiger partial charge in [-0.25, -0.2) is 15.0 Å². The molecule has 0 amide bonds. The molecule has 3 heterocycles. The molecule has 2 aromatic rings. The Morgan fingerprint density at radius 2 is 1.88 bits per heavy atom. The van der Waals surface area contributed by atoms with Gasteiger partial charge in [0.05, 0.1) is 24.0 Å². The van der Waals surface area contributed by atoms with Crippen LogP contribution in [0, 0.1) is 5.92 Å². The van der Waals surface area contributed by atoms with E-state index in [1.807, 2.05) is 12.1 Å². The minimum absolute atomic E-state index is 0.578. The first kappa shape index (κ1) is 17.4. The van der Waals surface area contributed by atoms with Crippen LogP contribution in [0.1, 0.15) is 25.7 Å². The second-order valence-electron chi connectivity index (χ2n) is 5.94. The van der Waals surface area contributed by atoms with E-state index in [0.717, 1.165) is 42.5 Å². The predicted molar refractivity (Wildman–Crippen MR) is 98.6 cm³/mol. The summed E-state index contributed by atoms with van der Waals surface area (Å²) in [4.78, 5) is 15.0. The molecule has 1 aliphatic rings. The topological polar surface area (TPSA) is 51.1 Å². The highest BCUT2D eigenvalue weighted by Gasteiger charge is 2.20. The van der Waals surface area contributed by atoms with Crippen molar-refractivity contribution in [3.63, 3.8) is 0 Å². The van der Waals surface area contributed by atoms with Crippen LogP contribution in [0.15, 0.2) is 35.2 Å². The Balaban J connectivity index is 1.35. The number of anilines is 1. The highest BCUT2D eigenvalue weighted by atomic mass is 79.9. The van der Waals surface area contributed by atoms with Crippen LogP contribution in [0.2, 0.25) is 5.02 Å². The van der Waals surface area contributed by atoms with Crippen molar-refractivity contribution in [1.82, 2.24) is 15.0 Å². The van der Waals surface area contributed by atoms with E-state index in [-0.39, 0.29) is 0 Å². The number of hydrogen-bond donors (Lipinski definition) is 0. The lowest BCUT2D eigenvalue weighted by Gasteiger charge is -2.31. The van der Waals surface area contributed by atoms with Crippen molar-refractivity contribution in [2.45, 2.75) is 25.7 Å². The second kappa shape index (κ2) is 8.62. The molecule has 0 aromatic carbocycles. The monoisotopic (exact) mass is 410 g/mol. The number of ether oxygens (including phenoxy) is 1. The Bertz CT molecular complexity index is 630. The summed E-state index contributed by atoms with van der Waals surface area (Å²) in [5, 5.41) is 0.578. The number of pyridine rings is 1. The van der Waals surface area contributed by atoms with Gasteiger partial charge in [-0.05, 0) is 53.6 Å². The van der Waals surface area contributed by atoms with Gasteiger partial charge < -0.3 is 9.64 Å². The summed E-state index contributed by atoms with van der Waals surface area (Å²) < 4.78 is 6.64. The van der Waals surface area contributed by atoms with Crippen LogP contribution in [0.5, 0.6) is 5.88 Å². The summed E-state index contributed by atoms with van der Waals surface area (Å²) >= 11 is 9.20. The Hall–Kier alpha value is -1.40. The van der Waals surface area contributed by atoms with Crippen molar-refractivity contribution in [3.8, 4) is 5.88 Å². The molecule has 0 saturated carbocycles. The third-order valence-corrected chi connectivity index (χ3v) is 4.88. The van der Waals surface area contributed by atoms with Crippen molar-refractivity contribution < 1.29 is 4.74 Å². The number of aromatic nitrogens is 3. The molecule has 0 aliphatic carbocycles. The molecule has 0 atom stereocenters. The van der Waals surface area contributed by atoms with Gasteiger partial charge in [0.1, 0.15) is 0 Å². The molecular weight excluding hydrogens is 392 g/mol. The maximum atomic E-state index is 5.83. The molecule has 1 aliphatic heterocycles. The maximum Gasteiger partial charge on any atom is 0.225 e. The molecule has 5 nitrogen and oxygen atoms in total. The van der Waals surface area contributed by atoms with E-state index in [0.29, 0.717) is 10.9 Å². The van der Waals surface area contributed by atoms with E-state index in [1.165, 1.54) is 19.3 Å². The zero-order chi connectivity index (χ0) is 16.8. The molecule has 7 heteroatoms. The quantitative estimate of drug-likeness (QED) is 0.661. The molecule has 0 radical (unpaired) electrons. The summed E-state index contributed by atoms with van der Waals surface area (Å²) in [5.41, 5.74) is 0. The lowest BCUT2D eigenvalue weighted by molar-refractivity contribution is 0.271. The molecule has 24 heavy (non-hydrogen) atoms. The summed E-state index contributed by atoms with van der Waals surface area (Å²) in [6.07, 6.45) is 9.65. The number of rotatable bonds is 6. The molecule has 3 rings (SSSR count). The molecule has 2 aromatic heterocycles. The molecule has 0 bridgehead atoms. The van der Waals surface area contributed by atoms with Crippen molar-refractivity contribution in [3.05, 3.63) is 40.2 Å². The van der Waals surface area contributed by atoms with Gasteiger partial charge in [0.2, 0.25) is 11.8 Å². The van der Waals surface area contributed by atoms with E-state index in [9.17, 15) is 0 Å². The van der Waals surface area contributed by atoms with Crippen LogP contribution in [0.3, 0.4) is 0 Å². The van der Waals surface area contributed by atoms with E-state index in [2.05, 4.69) is 35.8 Å². The van der Waals surface area contributed by atoms with Crippen LogP contribution < -0.4 is 9.64 Å². The third-order valence-electron chi connectivity index (χ3n) is 4.21. The van der Waals surface area contributed by atoms with Gasteiger partial charge >= 0.3 is 0 Å². The Morgan fingerprint density at radius 3 is 2.54 bits per heavy atom. The normalized spacial score (nSPS) is 15.5. The van der Waals surface area contributed by atoms with Crippen LogP contribution in [-0.4, -0.2) is 34.6 Å². The molecular formula is C17H20BrClN4O. The van der Waals surface area contributed by atoms with Gasteiger partial charge in [-0.1, -0.05) is 11.6 Å². The molecule has 1 fully saturated rings. The van der Waals surface area contributed by atoms with E-state index >= 15 is 0 Å². The van der Waals surface area contributed by atoms with E-state index < -0.39 is 0 Å². The highest BCUT2D eigenvalue weighted by Crippen LogP contribution is 2.24. The number of hydrogen-bond acceptors (Lipinski definition) is 5. The number of halogens is 2. The lowest BCUT2D eigenvalue weighted by atomic mass is 9.92. The lowest BCUT2D eigenvalue weighted by Crippen LogP contribution is -2.34. The van der Waals surface area contributed by atoms with Gasteiger partial charge in [0, 0.05) is 29.8 Å². The van der Waals surface area contributed by atoms with Crippen molar-refractivity contribution in [2.24, 2.45) is 5.92 Å². The summed E-state index contributed by atoms with van der Waals surface area (Å²) in [6, 6.07) is 3.82. The van der Waals surface area contributed by atoms with Crippen LogP contribution in [0.4, 0.5) is 5.95 Å². The van der Waals surface area contributed by atoms with E-state index in [4.69, 9.17) is 16.3 Å². The maximum absolute atomic E-state index is 5.83. The van der Waals surface area contributed by atoms with Crippen molar-refractivity contribution >= 4 is 33.5 Å². The second-order valence-corrected chi connectivity index (χ2v) is 7.29. The minimum atomic E-state index is 0.578. The van der Waals surface area contributed by atoms with Crippen LogP contribution in [0.25, 0.3) is 0 Å². The average Bonchev–Trinajstić information content (AvgIpc) is 2.62. The van der Waals surface area contributed by atoms with Gasteiger partial charge in [0.15, 0.2) is 0 Å². The number of piperidine rings is 1. The highest BCUT2D eigenvalue weighted by molar-refractivity contribution is 9.10. The summed E-state index contributed by atoms with van der Waals surface area (Å²) in [5.74, 6) is 2.21. The van der Waals surface area contributed by atoms with E-state index in [1.54, 1.807) is 18.6 Å². The third kappa shape index (κ3) is 5.05. The van der Waals surface area contributed by atoms with Crippen LogP contribution >= 0.6 is 27.5 Å². The van der Waals surface area contributed by atoms with Crippen molar-refractivity contribution in [2.75, 3.05) is 24.6 Å². The molecule has 1 saturated heterocycles. The number of nitrogens with zero attached hydrogens (tertiary/aromatic N) is 4. The average molecular weight is 412 g/mol. The predicted octanol–water partition coefficient (Wildman–Crippen LogP) is 4.36.